The lowest BCUT2D eigenvalue weighted by Gasteiger charge is -2.39. The Kier molecular flexibility index (Phi) is 19.3. The van der Waals surface area contributed by atoms with Crippen LogP contribution in [0.5, 0.6) is 11.6 Å². The zero-order valence-corrected chi connectivity index (χ0v) is 46.5. The molecule has 1 saturated carbocycles. The number of amides is 5. The second kappa shape index (κ2) is 26.0. The molecule has 8 rings (SSSR count). The third-order valence-electron chi connectivity index (χ3n) is 14.7. The molecule has 0 bridgehead atoms. The van der Waals surface area contributed by atoms with Crippen LogP contribution >= 0.6 is 11.3 Å². The molecule has 2 atom stereocenters. The van der Waals surface area contributed by atoms with Crippen molar-refractivity contribution in [3.05, 3.63) is 70.6 Å². The first-order valence-electron chi connectivity index (χ1n) is 26.9. The molecule has 3 fully saturated rings. The maximum Gasteiger partial charge on any atom is 0.410 e. The smallest absolute Gasteiger partial charge is 0.410 e. The van der Waals surface area contributed by atoms with E-state index in [9.17, 15) is 32.8 Å². The van der Waals surface area contributed by atoms with Gasteiger partial charge in [-0.2, -0.15) is 0 Å². The second-order valence-corrected chi connectivity index (χ2v) is 22.2. The lowest BCUT2D eigenvalue weighted by atomic mass is 9.83. The van der Waals surface area contributed by atoms with Gasteiger partial charge in [-0.05, 0) is 88.0 Å². The van der Waals surface area contributed by atoms with E-state index in [-0.39, 0.29) is 106 Å². The van der Waals surface area contributed by atoms with Gasteiger partial charge in [-0.25, -0.2) is 13.6 Å². The molecule has 0 radical (unpaired) electrons. The fourth-order valence-corrected chi connectivity index (χ4v) is 11.0. The number of benzene rings is 1. The summed E-state index contributed by atoms with van der Waals surface area (Å²) in [5, 5.41) is 9.11. The van der Waals surface area contributed by atoms with Gasteiger partial charge in [0.15, 0.2) is 17.4 Å². The number of nitrogens with one attached hydrogen (secondary N) is 1. The molecule has 4 aromatic heterocycles. The van der Waals surface area contributed by atoms with Crippen LogP contribution in [0.15, 0.2) is 46.4 Å². The van der Waals surface area contributed by atoms with Crippen molar-refractivity contribution in [2.75, 3.05) is 92.9 Å². The van der Waals surface area contributed by atoms with Crippen LogP contribution in [-0.4, -0.2) is 186 Å². The van der Waals surface area contributed by atoms with Gasteiger partial charge >= 0.3 is 6.09 Å². The quantitative estimate of drug-likeness (QED) is 0.0745. The van der Waals surface area contributed by atoms with E-state index in [4.69, 9.17) is 28.2 Å². The number of carbonyl (C=O) groups excluding carboxylic acids is 5. The van der Waals surface area contributed by atoms with Gasteiger partial charge in [-0.1, -0.05) is 19.3 Å². The topological polar surface area (TPSA) is 204 Å². The van der Waals surface area contributed by atoms with Crippen molar-refractivity contribution in [2.24, 2.45) is 13.0 Å². The summed E-state index contributed by atoms with van der Waals surface area (Å²) in [6, 6.07) is 5.83. The number of hydrogen-bond acceptors (Lipinski definition) is 15. The van der Waals surface area contributed by atoms with Gasteiger partial charge < -0.3 is 52.8 Å². The molecule has 1 aromatic carbocycles. The maximum absolute atomic E-state index is 14.9. The van der Waals surface area contributed by atoms with E-state index in [1.54, 1.807) is 56.2 Å². The van der Waals surface area contributed by atoms with E-state index in [2.05, 4.69) is 20.4 Å². The van der Waals surface area contributed by atoms with Crippen molar-refractivity contribution in [1.29, 1.82) is 0 Å². The molecule has 0 spiro atoms. The summed E-state index contributed by atoms with van der Waals surface area (Å²) in [7, 11) is 4.53. The van der Waals surface area contributed by atoms with Gasteiger partial charge in [0.05, 0.1) is 54.3 Å². The first-order chi connectivity index (χ1) is 37.4. The Balaban J connectivity index is 0.779. The van der Waals surface area contributed by atoms with Crippen molar-refractivity contribution in [2.45, 2.75) is 103 Å². The molecule has 78 heavy (non-hydrogen) atoms. The number of ether oxygens (including phenoxy) is 5. The highest BCUT2D eigenvalue weighted by Crippen LogP contribution is 2.33. The number of nitrogens with zero attached hydrogens (tertiary/aromatic N) is 8. The zero-order chi connectivity index (χ0) is 55.7. The van der Waals surface area contributed by atoms with E-state index in [0.29, 0.717) is 18.2 Å². The van der Waals surface area contributed by atoms with E-state index >= 15 is 0 Å². The Hall–Kier alpha value is -6.43. The number of likely N-dealkylation sites (tertiary alicyclic amines) is 1. The highest BCUT2D eigenvalue weighted by atomic mass is 32.1. The molecule has 5 aromatic rings. The summed E-state index contributed by atoms with van der Waals surface area (Å²) in [4.78, 5) is 81.9. The molecular weight excluding hydrogens is 1030 g/mol. The average molecular weight is 1110 g/mol. The number of fused-ring (bicyclic) bond motifs is 2. The molecule has 1 aliphatic carbocycles. The highest BCUT2D eigenvalue weighted by Gasteiger charge is 2.39. The molecule has 3 aliphatic rings. The number of rotatable bonds is 21. The summed E-state index contributed by atoms with van der Waals surface area (Å²) in [6.07, 6.45) is 7.38. The molecule has 20 nitrogen and oxygen atoms in total. The van der Waals surface area contributed by atoms with Crippen molar-refractivity contribution in [1.82, 2.24) is 44.5 Å². The number of pyridine rings is 1. The third kappa shape index (κ3) is 14.2. The minimum atomic E-state index is -1.17. The number of aromatic nitrogens is 3. The van der Waals surface area contributed by atoms with Crippen molar-refractivity contribution < 1.29 is 61.0 Å². The molecule has 0 unspecified atom stereocenters. The highest BCUT2D eigenvalue weighted by molar-refractivity contribution is 7.17. The van der Waals surface area contributed by atoms with Crippen LogP contribution < -0.4 is 14.8 Å². The number of carbonyl (C=O) groups is 5. The van der Waals surface area contributed by atoms with Crippen molar-refractivity contribution >= 4 is 62.2 Å². The van der Waals surface area contributed by atoms with Gasteiger partial charge in [0.2, 0.25) is 11.8 Å². The Labute approximate surface area is 457 Å². The number of hydrogen-bond donors (Lipinski definition) is 1. The van der Waals surface area contributed by atoms with Crippen LogP contribution in [0.2, 0.25) is 0 Å². The Morgan fingerprint density at radius 2 is 1.55 bits per heavy atom. The monoisotopic (exact) mass is 1110 g/mol. The van der Waals surface area contributed by atoms with Crippen molar-refractivity contribution in [3.8, 4) is 11.6 Å². The van der Waals surface area contributed by atoms with Crippen LogP contribution in [-0.2, 0) is 37.4 Å². The molecule has 1 N–H and O–H groups in total. The van der Waals surface area contributed by atoms with Crippen LogP contribution in [0, 0.1) is 17.6 Å². The minimum Gasteiger partial charge on any atom is -0.489 e. The first kappa shape index (κ1) is 57.7. The zero-order valence-electron chi connectivity index (χ0n) is 45.7. The summed E-state index contributed by atoms with van der Waals surface area (Å²) >= 11 is 1.64. The number of aryl methyl sites for hydroxylation is 1. The summed E-state index contributed by atoms with van der Waals surface area (Å²) < 4.78 is 66.6. The number of piperazine rings is 1. The average Bonchev–Trinajstić information content (AvgIpc) is 4.36. The molecular formula is C55H73F2N9O11S. The first-order valence-corrected chi connectivity index (χ1v) is 27.8. The maximum atomic E-state index is 14.9. The molecule has 2 aliphatic heterocycles. The number of thiophene rings is 1. The van der Waals surface area contributed by atoms with Gasteiger partial charge in [-0.15, -0.1) is 11.3 Å². The van der Waals surface area contributed by atoms with E-state index in [1.165, 1.54) is 40.4 Å². The van der Waals surface area contributed by atoms with E-state index in [1.807, 2.05) is 17.5 Å². The Morgan fingerprint density at radius 3 is 2.27 bits per heavy atom. The van der Waals surface area contributed by atoms with Crippen LogP contribution in [0.1, 0.15) is 99.2 Å². The second-order valence-electron chi connectivity index (χ2n) is 21.3. The van der Waals surface area contributed by atoms with Crippen LogP contribution in [0.4, 0.5) is 13.6 Å². The number of halogens is 2. The summed E-state index contributed by atoms with van der Waals surface area (Å²) in [6.45, 7) is 10.8. The lowest BCUT2D eigenvalue weighted by Crippen LogP contribution is -2.60. The lowest BCUT2D eigenvalue weighted by molar-refractivity contribution is -0.140. The predicted molar refractivity (Wildman–Crippen MR) is 286 cm³/mol. The van der Waals surface area contributed by atoms with Gasteiger partial charge in [-0.3, -0.25) is 34.0 Å². The Morgan fingerprint density at radius 1 is 0.872 bits per heavy atom. The standard InChI is InChI=1S/C55H73F2N9O11S/c1-35(62(6)54(71)76-55(2,3)4)50(67)59-47(36-11-9-8-10-12-36)52(69)65-20-22-66(23-21-65)53(70)48-46(39-32-40(56)41(57)33-43(39)63(48)7)51(68)61(5)24-25-72-26-27-73-28-29-74-45-31-38(77-60-45)34-64-18-14-37(15-19-64)75-44-13-17-58-42-16-30-78-49(42)44/h13,16-17,30-33,35-37,47H,8-12,14-15,18-29,34H2,1-7H3,(H,59,67)/t35-,47-/m0/s1. The number of likely N-dealkylation sites (N-methyl/N-ethyl adjacent to an activating group) is 2. The number of piperidine rings is 1. The minimum absolute atomic E-state index is 0.0518. The molecule has 424 valence electrons. The molecule has 6 heterocycles. The SMILES string of the molecule is C[C@@H](C(=O)N[C@H](C(=O)N1CCN(C(=O)c2c(C(=O)N(C)CCOCCOCCOc3cc(CN4CCC(Oc5ccnc6ccsc56)CC4)on3)c3cc(F)c(F)cc3n2C)CC1)C1CCCCC1)N(C)C(=O)OC(C)(C)C. The van der Waals surface area contributed by atoms with E-state index in [0.717, 1.165) is 86.1 Å². The summed E-state index contributed by atoms with van der Waals surface area (Å²) in [5.74, 6) is -2.38. The molecule has 2 saturated heterocycles. The van der Waals surface area contributed by atoms with Gasteiger partial charge in [0.25, 0.3) is 17.7 Å². The predicted octanol–water partition coefficient (Wildman–Crippen LogP) is 6.89. The normalized spacial score (nSPS) is 16.8. The van der Waals surface area contributed by atoms with Crippen LogP contribution in [0.3, 0.4) is 0 Å². The van der Waals surface area contributed by atoms with Crippen molar-refractivity contribution in [3.63, 3.8) is 0 Å². The summed E-state index contributed by atoms with van der Waals surface area (Å²) in [5.41, 5.74) is 0.203. The van der Waals surface area contributed by atoms with E-state index < -0.39 is 53.1 Å². The largest absolute Gasteiger partial charge is 0.489 e. The Bertz CT molecular complexity index is 2880. The molecule has 5 amide bonds. The van der Waals surface area contributed by atoms with Gasteiger partial charge in [0, 0.05) is 90.7 Å². The third-order valence-corrected chi connectivity index (χ3v) is 15.6. The van der Waals surface area contributed by atoms with Gasteiger partial charge in [0.1, 0.15) is 41.8 Å². The van der Waals surface area contributed by atoms with Crippen LogP contribution in [0.25, 0.3) is 21.1 Å². The fraction of sp³-hybridized carbons (Fsp3) is 0.582. The molecule has 23 heteroatoms. The fourth-order valence-electron chi connectivity index (χ4n) is 10.1.